The van der Waals surface area contributed by atoms with Gasteiger partial charge >= 0.3 is 5.97 Å². The Bertz CT molecular complexity index is 253. The van der Waals surface area contributed by atoms with Crippen molar-refractivity contribution in [2.45, 2.75) is 51.7 Å². The number of piperidine rings is 1. The van der Waals surface area contributed by atoms with E-state index in [9.17, 15) is 4.79 Å². The third kappa shape index (κ3) is 5.04. The maximum atomic E-state index is 11.8. The zero-order valence-electron chi connectivity index (χ0n) is 11.4. The molecule has 1 aliphatic rings. The van der Waals surface area contributed by atoms with Gasteiger partial charge in [-0.15, -0.1) is 0 Å². The van der Waals surface area contributed by atoms with Gasteiger partial charge in [0.05, 0.1) is 12.2 Å². The van der Waals surface area contributed by atoms with Crippen LogP contribution < -0.4 is 5.32 Å². The molecule has 4 nitrogen and oxygen atoms in total. The first-order valence-electron chi connectivity index (χ1n) is 6.40. The Kier molecular flexibility index (Phi) is 5.40. The number of esters is 1. The molecule has 17 heavy (non-hydrogen) atoms. The van der Waals surface area contributed by atoms with Crippen LogP contribution in [0.2, 0.25) is 0 Å². The largest absolute Gasteiger partial charge is 0.464 e. The predicted molar refractivity (Wildman–Crippen MR) is 66.9 cm³/mol. The van der Waals surface area contributed by atoms with Crippen molar-refractivity contribution in [1.29, 1.82) is 0 Å². The molecule has 1 rings (SSSR count). The molecule has 0 amide bonds. The molecule has 0 bridgehead atoms. The first kappa shape index (κ1) is 14.5. The third-order valence-electron chi connectivity index (χ3n) is 3.45. The number of ether oxygens (including phenoxy) is 2. The second-order valence-corrected chi connectivity index (χ2v) is 5.52. The number of hydrogen-bond acceptors (Lipinski definition) is 4. The van der Waals surface area contributed by atoms with E-state index in [0.717, 1.165) is 25.8 Å². The second kappa shape index (κ2) is 6.36. The minimum Gasteiger partial charge on any atom is -0.464 e. The van der Waals surface area contributed by atoms with Crippen LogP contribution in [0.1, 0.15) is 40.0 Å². The minimum atomic E-state index is -0.229. The first-order chi connectivity index (χ1) is 7.94. The van der Waals surface area contributed by atoms with Gasteiger partial charge in [-0.3, -0.25) is 4.79 Å². The van der Waals surface area contributed by atoms with Gasteiger partial charge in [0, 0.05) is 13.5 Å². The zero-order valence-corrected chi connectivity index (χ0v) is 11.4. The van der Waals surface area contributed by atoms with Gasteiger partial charge in [-0.25, -0.2) is 0 Å². The molecule has 1 N–H and O–H groups in total. The summed E-state index contributed by atoms with van der Waals surface area (Å²) in [7, 11) is 1.67. The van der Waals surface area contributed by atoms with Crippen molar-refractivity contribution < 1.29 is 14.3 Å². The van der Waals surface area contributed by atoms with Gasteiger partial charge < -0.3 is 14.8 Å². The molecule has 1 saturated heterocycles. The van der Waals surface area contributed by atoms with E-state index < -0.39 is 0 Å². The van der Waals surface area contributed by atoms with Crippen LogP contribution in [-0.2, 0) is 14.3 Å². The van der Waals surface area contributed by atoms with Gasteiger partial charge in [0.1, 0.15) is 6.04 Å². The lowest BCUT2D eigenvalue weighted by molar-refractivity contribution is -0.148. The fourth-order valence-corrected chi connectivity index (χ4v) is 1.89. The highest BCUT2D eigenvalue weighted by Gasteiger charge is 2.26. The van der Waals surface area contributed by atoms with Crippen LogP contribution in [0.4, 0.5) is 0 Å². The van der Waals surface area contributed by atoms with Crippen molar-refractivity contribution >= 4 is 5.97 Å². The predicted octanol–water partition coefficient (Wildman–Crippen LogP) is 1.73. The normalized spacial score (nSPS) is 25.6. The highest BCUT2D eigenvalue weighted by atomic mass is 16.5. The van der Waals surface area contributed by atoms with Crippen molar-refractivity contribution in [3.05, 3.63) is 0 Å². The van der Waals surface area contributed by atoms with Gasteiger partial charge in [0.2, 0.25) is 0 Å². The second-order valence-electron chi connectivity index (χ2n) is 5.52. The van der Waals surface area contributed by atoms with E-state index in [1.807, 2.05) is 13.8 Å². The molecular formula is C13H25NO3. The van der Waals surface area contributed by atoms with Crippen molar-refractivity contribution in [2.24, 2.45) is 5.92 Å². The van der Waals surface area contributed by atoms with E-state index in [-0.39, 0.29) is 17.6 Å². The van der Waals surface area contributed by atoms with Crippen molar-refractivity contribution in [1.82, 2.24) is 5.32 Å². The summed E-state index contributed by atoms with van der Waals surface area (Å²) in [6.45, 7) is 7.48. The quantitative estimate of drug-likeness (QED) is 0.747. The number of carbonyl (C=O) groups is 1. The highest BCUT2D eigenvalue weighted by Crippen LogP contribution is 2.17. The Hall–Kier alpha value is -0.610. The SMILES string of the molecule is COC(C)(C)CCOC(=O)C1CC(C)CCN1. The average Bonchev–Trinajstić information content (AvgIpc) is 2.28. The van der Waals surface area contributed by atoms with E-state index in [1.165, 1.54) is 0 Å². The molecule has 1 aliphatic heterocycles. The summed E-state index contributed by atoms with van der Waals surface area (Å²) in [4.78, 5) is 11.8. The van der Waals surface area contributed by atoms with Crippen LogP contribution in [-0.4, -0.2) is 37.9 Å². The lowest BCUT2D eigenvalue weighted by Crippen LogP contribution is -2.44. The van der Waals surface area contributed by atoms with Crippen LogP contribution in [0.3, 0.4) is 0 Å². The Morgan fingerprint density at radius 2 is 2.18 bits per heavy atom. The van der Waals surface area contributed by atoms with Crippen LogP contribution in [0, 0.1) is 5.92 Å². The number of rotatable bonds is 5. The van der Waals surface area contributed by atoms with E-state index in [0.29, 0.717) is 12.5 Å². The fourth-order valence-electron chi connectivity index (χ4n) is 1.89. The summed E-state index contributed by atoms with van der Waals surface area (Å²) < 4.78 is 10.6. The van der Waals surface area contributed by atoms with Crippen molar-refractivity contribution in [3.8, 4) is 0 Å². The van der Waals surface area contributed by atoms with Crippen molar-refractivity contribution in [2.75, 3.05) is 20.3 Å². The molecular weight excluding hydrogens is 218 g/mol. The molecule has 2 unspecified atom stereocenters. The van der Waals surface area contributed by atoms with Crippen molar-refractivity contribution in [3.63, 3.8) is 0 Å². The zero-order chi connectivity index (χ0) is 12.9. The Morgan fingerprint density at radius 1 is 1.47 bits per heavy atom. The maximum absolute atomic E-state index is 11.8. The molecule has 0 radical (unpaired) electrons. The monoisotopic (exact) mass is 243 g/mol. The molecule has 0 spiro atoms. The lowest BCUT2D eigenvalue weighted by atomic mass is 9.94. The molecule has 1 fully saturated rings. The van der Waals surface area contributed by atoms with Gasteiger partial charge in [-0.1, -0.05) is 6.92 Å². The molecule has 0 aromatic rings. The summed E-state index contributed by atoms with van der Waals surface area (Å²) in [5, 5.41) is 3.21. The first-order valence-corrected chi connectivity index (χ1v) is 6.40. The average molecular weight is 243 g/mol. The smallest absolute Gasteiger partial charge is 0.323 e. The summed E-state index contributed by atoms with van der Waals surface area (Å²) >= 11 is 0. The molecule has 1 heterocycles. The molecule has 2 atom stereocenters. The fraction of sp³-hybridized carbons (Fsp3) is 0.923. The van der Waals surface area contributed by atoms with Gasteiger partial charge in [-0.2, -0.15) is 0 Å². The van der Waals surface area contributed by atoms with E-state index in [1.54, 1.807) is 7.11 Å². The topological polar surface area (TPSA) is 47.6 Å². The number of carbonyl (C=O) groups excluding carboxylic acids is 1. The number of methoxy groups -OCH3 is 1. The summed E-state index contributed by atoms with van der Waals surface area (Å²) in [5.74, 6) is 0.479. The number of nitrogens with one attached hydrogen (secondary N) is 1. The Balaban J connectivity index is 2.25. The van der Waals surface area contributed by atoms with Gasteiger partial charge in [0.25, 0.3) is 0 Å². The van der Waals surface area contributed by atoms with E-state index in [2.05, 4.69) is 12.2 Å². The maximum Gasteiger partial charge on any atom is 0.323 e. The van der Waals surface area contributed by atoms with Crippen LogP contribution in [0.15, 0.2) is 0 Å². The molecule has 0 aromatic carbocycles. The molecule has 0 aliphatic carbocycles. The Morgan fingerprint density at radius 3 is 2.76 bits per heavy atom. The van der Waals surface area contributed by atoms with E-state index >= 15 is 0 Å². The standard InChI is InChI=1S/C13H25NO3/c1-10-5-7-14-11(9-10)12(15)17-8-6-13(2,3)16-4/h10-11,14H,5-9H2,1-4H3. The molecule has 4 heteroatoms. The minimum absolute atomic E-state index is 0.121. The Labute approximate surface area is 104 Å². The summed E-state index contributed by atoms with van der Waals surface area (Å²) in [6.07, 6.45) is 2.74. The van der Waals surface area contributed by atoms with Crippen LogP contribution in [0.25, 0.3) is 0 Å². The summed E-state index contributed by atoms with van der Waals surface area (Å²) in [6, 6.07) is -0.121. The highest BCUT2D eigenvalue weighted by molar-refractivity contribution is 5.75. The number of hydrogen-bond donors (Lipinski definition) is 1. The summed E-state index contributed by atoms with van der Waals surface area (Å²) in [5.41, 5.74) is -0.229. The van der Waals surface area contributed by atoms with Gasteiger partial charge in [-0.05, 0) is 39.2 Å². The molecule has 0 saturated carbocycles. The van der Waals surface area contributed by atoms with Crippen LogP contribution >= 0.6 is 0 Å². The lowest BCUT2D eigenvalue weighted by Gasteiger charge is -2.27. The van der Waals surface area contributed by atoms with E-state index in [4.69, 9.17) is 9.47 Å². The van der Waals surface area contributed by atoms with Gasteiger partial charge in [0.15, 0.2) is 0 Å². The molecule has 100 valence electrons. The molecule has 0 aromatic heterocycles. The third-order valence-corrected chi connectivity index (χ3v) is 3.45. The van der Waals surface area contributed by atoms with Crippen LogP contribution in [0.5, 0.6) is 0 Å².